The molecule has 0 fully saturated rings. The average molecular weight is 368 g/mol. The van der Waals surface area contributed by atoms with Crippen molar-refractivity contribution in [2.75, 3.05) is 20.8 Å². The Balaban J connectivity index is 2.17. The van der Waals surface area contributed by atoms with Crippen molar-refractivity contribution in [1.29, 1.82) is 0 Å². The van der Waals surface area contributed by atoms with Gasteiger partial charge in [-0.05, 0) is 74.0 Å². The van der Waals surface area contributed by atoms with E-state index in [9.17, 15) is 5.11 Å². The zero-order valence-corrected chi connectivity index (χ0v) is 15.5. The summed E-state index contributed by atoms with van der Waals surface area (Å²) in [6, 6.07) is -1.52. The number of hydrogen-bond acceptors (Lipinski definition) is 4. The van der Waals surface area contributed by atoms with Gasteiger partial charge < -0.3 is 19.3 Å². The summed E-state index contributed by atoms with van der Waals surface area (Å²) in [7, 11) is 2.64. The lowest BCUT2D eigenvalue weighted by Gasteiger charge is -2.13. The summed E-state index contributed by atoms with van der Waals surface area (Å²) in [6.45, 7) is 0.118. The van der Waals surface area contributed by atoms with Crippen LogP contribution in [0.2, 0.25) is 0 Å². The number of benzene rings is 2. The normalized spacial score (nSPS) is 18.6. The summed E-state index contributed by atoms with van der Waals surface area (Å²) in [4.78, 5) is 0. The predicted molar refractivity (Wildman–Crippen MR) is 105 cm³/mol. The van der Waals surface area contributed by atoms with Crippen LogP contribution in [-0.2, 0) is 6.42 Å². The zero-order chi connectivity index (χ0) is 26.9. The lowest BCUT2D eigenvalue weighted by Crippen LogP contribution is -2.17. The molecule has 4 heteroatoms. The molecule has 1 atom stereocenters. The van der Waals surface area contributed by atoms with Crippen LogP contribution in [0.3, 0.4) is 0 Å². The van der Waals surface area contributed by atoms with Gasteiger partial charge in [-0.25, -0.2) is 0 Å². The van der Waals surface area contributed by atoms with Crippen molar-refractivity contribution in [2.24, 2.45) is 0 Å². The summed E-state index contributed by atoms with van der Waals surface area (Å²) in [5.74, 6) is -0.494. The zero-order valence-electron chi connectivity index (χ0n) is 24.5. The lowest BCUT2D eigenvalue weighted by molar-refractivity contribution is 0.0976. The highest BCUT2D eigenvalue weighted by Crippen LogP contribution is 2.28. The number of hydrogen-bond donors (Lipinski definition) is 1. The van der Waals surface area contributed by atoms with Crippen LogP contribution in [0, 0.1) is 13.8 Å². The number of ether oxygens (including phenoxy) is 3. The van der Waals surface area contributed by atoms with E-state index < -0.39 is 24.4 Å². The molecule has 0 saturated carbocycles. The summed E-state index contributed by atoms with van der Waals surface area (Å²) < 4.78 is 88.4. The minimum atomic E-state index is -2.99. The third kappa shape index (κ3) is 5.95. The van der Waals surface area contributed by atoms with Gasteiger partial charge in [0.05, 0.1) is 32.6 Å². The van der Waals surface area contributed by atoms with Crippen LogP contribution in [0.1, 0.15) is 48.3 Å². The Morgan fingerprint density at radius 2 is 1.81 bits per heavy atom. The second-order valence-corrected chi connectivity index (χ2v) is 5.73. The summed E-state index contributed by atoms with van der Waals surface area (Å²) >= 11 is 0. The van der Waals surface area contributed by atoms with E-state index in [0.29, 0.717) is 11.1 Å². The fourth-order valence-electron chi connectivity index (χ4n) is 2.17. The van der Waals surface area contributed by atoms with Crippen molar-refractivity contribution >= 4 is 0 Å². The van der Waals surface area contributed by atoms with Crippen LogP contribution in [0.5, 0.6) is 17.2 Å². The third-order valence-corrected chi connectivity index (χ3v) is 3.79. The number of rotatable bonds is 10. The molecule has 0 aliphatic rings. The van der Waals surface area contributed by atoms with E-state index in [1.807, 2.05) is 0 Å². The van der Waals surface area contributed by atoms with Gasteiger partial charge in [0.1, 0.15) is 12.3 Å². The van der Waals surface area contributed by atoms with Gasteiger partial charge in [0.15, 0.2) is 11.5 Å². The topological polar surface area (TPSA) is 47.9 Å². The van der Waals surface area contributed by atoms with E-state index >= 15 is 0 Å². The van der Waals surface area contributed by atoms with Crippen molar-refractivity contribution in [3.8, 4) is 17.2 Å². The standard InChI is InChI=1S/C22H30O4/c1-16-9-11-20(13-17(16)2)26-15-19(23)8-6-5-7-18-10-12-21(24-3)22(14-18)25-4/h9-14,19,23H,5-8,15H2,1-4H3/i9D,10D,11D,12D,13D,14D,15D2,19D. The maximum Gasteiger partial charge on any atom is 0.160 e. The van der Waals surface area contributed by atoms with E-state index in [2.05, 4.69) is 0 Å². The van der Waals surface area contributed by atoms with Gasteiger partial charge in [-0.15, -0.1) is 0 Å². The molecular formula is C22H30O4. The molecule has 2 aromatic carbocycles. The Hall–Kier alpha value is -2.20. The minimum Gasteiger partial charge on any atom is -0.493 e. The Labute approximate surface area is 169 Å². The van der Waals surface area contributed by atoms with Crippen LogP contribution in [0.15, 0.2) is 36.3 Å². The number of aliphatic hydroxyl groups is 1. The van der Waals surface area contributed by atoms with Crippen LogP contribution in [0.4, 0.5) is 0 Å². The molecule has 1 N–H and O–H groups in total. The van der Waals surface area contributed by atoms with Crippen LogP contribution < -0.4 is 14.2 Å². The molecular weight excluding hydrogens is 328 g/mol. The molecule has 2 rings (SSSR count). The minimum absolute atomic E-state index is 0.0122. The molecule has 0 aliphatic carbocycles. The van der Waals surface area contributed by atoms with Crippen LogP contribution in [-0.4, -0.2) is 32.0 Å². The van der Waals surface area contributed by atoms with Gasteiger partial charge in [-0.3, -0.25) is 0 Å². The van der Waals surface area contributed by atoms with Crippen molar-refractivity contribution in [3.05, 3.63) is 52.9 Å². The fourth-order valence-corrected chi connectivity index (χ4v) is 2.17. The average Bonchev–Trinajstić information content (AvgIpc) is 2.80. The Kier molecular flexibility index (Phi) is 4.20. The van der Waals surface area contributed by atoms with Gasteiger partial charge in [-0.1, -0.05) is 18.5 Å². The molecule has 0 amide bonds. The van der Waals surface area contributed by atoms with Gasteiger partial charge in [0.25, 0.3) is 0 Å². The van der Waals surface area contributed by atoms with Crippen molar-refractivity contribution < 1.29 is 31.7 Å². The maximum atomic E-state index is 10.5. The quantitative estimate of drug-likeness (QED) is 0.629. The van der Waals surface area contributed by atoms with Crippen LogP contribution >= 0.6 is 0 Å². The second kappa shape index (κ2) is 10.1. The van der Waals surface area contributed by atoms with Gasteiger partial charge in [0, 0.05) is 0 Å². The monoisotopic (exact) mass is 367 g/mol. The summed E-state index contributed by atoms with van der Waals surface area (Å²) in [5.41, 5.74) is 0.963. The maximum absolute atomic E-state index is 10.5. The molecule has 0 heterocycles. The highest BCUT2D eigenvalue weighted by Gasteiger charge is 2.07. The molecule has 0 saturated heterocycles. The number of unbranched alkanes of at least 4 members (excludes halogenated alkanes) is 1. The predicted octanol–water partition coefficient (Wildman–Crippen LogP) is 4.47. The first-order valence-corrected chi connectivity index (χ1v) is 8.31. The van der Waals surface area contributed by atoms with Crippen LogP contribution in [0.25, 0.3) is 0 Å². The van der Waals surface area contributed by atoms with Gasteiger partial charge in [-0.2, -0.15) is 0 Å². The van der Waals surface area contributed by atoms with E-state index in [1.54, 1.807) is 13.8 Å². The summed E-state index contributed by atoms with van der Waals surface area (Å²) in [6.07, 6.45) is -2.62. The smallest absolute Gasteiger partial charge is 0.160 e. The third-order valence-electron chi connectivity index (χ3n) is 3.79. The van der Waals surface area contributed by atoms with Gasteiger partial charge >= 0.3 is 0 Å². The fraction of sp³-hybridized carbons (Fsp3) is 0.455. The van der Waals surface area contributed by atoms with E-state index in [4.69, 9.17) is 26.5 Å². The first kappa shape index (κ1) is 10.8. The first-order chi connectivity index (χ1) is 16.1. The highest BCUT2D eigenvalue weighted by molar-refractivity contribution is 5.42. The van der Waals surface area contributed by atoms with Crippen molar-refractivity contribution in [2.45, 2.75) is 45.6 Å². The first-order valence-electron chi connectivity index (χ1n) is 12.8. The highest BCUT2D eigenvalue weighted by atomic mass is 16.5. The van der Waals surface area contributed by atoms with Gasteiger partial charge in [0.2, 0.25) is 0 Å². The molecule has 1 unspecified atom stereocenters. The summed E-state index contributed by atoms with van der Waals surface area (Å²) in [5, 5.41) is 10.5. The van der Waals surface area contributed by atoms with E-state index in [1.165, 1.54) is 14.2 Å². The SMILES string of the molecule is [2H]c1c([2H])c(OC([2H])([2H])C([2H])(O)CCCCc2c([2H])c([2H])c(OC)c(OC)c2[2H])c([2H])c(C)c1C. The second-order valence-electron chi connectivity index (χ2n) is 5.73. The number of methoxy groups -OCH3 is 2. The largest absolute Gasteiger partial charge is 0.493 e. The van der Waals surface area contributed by atoms with Crippen molar-refractivity contribution in [1.82, 2.24) is 0 Å². The lowest BCUT2D eigenvalue weighted by atomic mass is 10.0. The molecule has 26 heavy (non-hydrogen) atoms. The van der Waals surface area contributed by atoms with E-state index in [0.717, 1.165) is 0 Å². The molecule has 0 aromatic heterocycles. The molecule has 2 aromatic rings. The Morgan fingerprint density at radius 1 is 1.04 bits per heavy atom. The Bertz CT molecular complexity index is 1070. The molecule has 4 nitrogen and oxygen atoms in total. The Morgan fingerprint density at radius 3 is 2.54 bits per heavy atom. The van der Waals surface area contributed by atoms with Crippen molar-refractivity contribution in [3.63, 3.8) is 0 Å². The molecule has 142 valence electrons. The molecule has 0 radical (unpaired) electrons. The molecule has 0 spiro atoms. The van der Waals surface area contributed by atoms with E-state index in [-0.39, 0.29) is 73.0 Å². The molecule has 0 aliphatic heterocycles. The molecule has 0 bridgehead atoms.